The molecule has 3 aromatic rings. The van der Waals surface area contributed by atoms with Gasteiger partial charge in [-0.05, 0) is 36.4 Å². The average molecular weight is 403 g/mol. The van der Waals surface area contributed by atoms with Gasteiger partial charge >= 0.3 is 6.18 Å². The number of halogens is 3. The van der Waals surface area contributed by atoms with Gasteiger partial charge in [-0.1, -0.05) is 18.2 Å². The quantitative estimate of drug-likeness (QED) is 0.522. The number of nitrogens with zero attached hydrogens (tertiary/aromatic N) is 3. The van der Waals surface area contributed by atoms with Gasteiger partial charge in [0.2, 0.25) is 0 Å². The summed E-state index contributed by atoms with van der Waals surface area (Å²) < 4.78 is 45.3. The van der Waals surface area contributed by atoms with E-state index in [2.05, 4.69) is 5.10 Å². The normalized spacial score (nSPS) is 11.3. The molecule has 1 heterocycles. The summed E-state index contributed by atoms with van der Waals surface area (Å²) in [6.07, 6.45) is -2.04. The van der Waals surface area contributed by atoms with E-state index in [0.717, 1.165) is 18.4 Å². The highest BCUT2D eigenvalue weighted by atomic mass is 19.4. The lowest BCUT2D eigenvalue weighted by atomic mass is 10.2. The molecule has 0 saturated heterocycles. The van der Waals surface area contributed by atoms with E-state index in [1.165, 1.54) is 12.1 Å². The number of likely N-dealkylation sites (N-methyl/N-ethyl adjacent to an activating group) is 1. The number of para-hydroxylation sites is 1. The van der Waals surface area contributed by atoms with Crippen LogP contribution in [-0.4, -0.2) is 29.7 Å². The molecule has 0 atom stereocenters. The largest absolute Gasteiger partial charge is 0.489 e. The molecule has 3 rings (SSSR count). The molecular weight excluding hydrogens is 383 g/mol. The third-order valence-electron chi connectivity index (χ3n) is 4.49. The number of benzene rings is 2. The van der Waals surface area contributed by atoms with Gasteiger partial charge in [-0.15, -0.1) is 0 Å². The molecule has 1 aromatic heterocycles. The molecule has 0 N–H and O–H groups in total. The summed E-state index contributed by atoms with van der Waals surface area (Å²) >= 11 is 0. The first-order valence-corrected chi connectivity index (χ1v) is 8.94. The number of carbonyl (C=O) groups excluding carboxylic acids is 1. The third kappa shape index (κ3) is 5.16. The fourth-order valence-electron chi connectivity index (χ4n) is 2.82. The Morgan fingerprint density at radius 1 is 1.10 bits per heavy atom. The van der Waals surface area contributed by atoms with E-state index in [4.69, 9.17) is 4.74 Å². The second-order valence-electron chi connectivity index (χ2n) is 6.46. The van der Waals surface area contributed by atoms with Crippen molar-refractivity contribution in [3.63, 3.8) is 0 Å². The van der Waals surface area contributed by atoms with Gasteiger partial charge in [0.05, 0.1) is 18.3 Å². The predicted molar refractivity (Wildman–Crippen MR) is 103 cm³/mol. The minimum atomic E-state index is -4.36. The number of aromatic nitrogens is 2. The zero-order chi connectivity index (χ0) is 20.9. The molecule has 29 heavy (non-hydrogen) atoms. The predicted octanol–water partition coefficient (Wildman–Crippen LogP) is 4.43. The summed E-state index contributed by atoms with van der Waals surface area (Å²) in [5, 5.41) is 4.24. The molecule has 0 unspecified atom stereocenters. The maximum absolute atomic E-state index is 12.7. The van der Waals surface area contributed by atoms with Crippen molar-refractivity contribution in [2.24, 2.45) is 0 Å². The molecule has 2 aromatic carbocycles. The van der Waals surface area contributed by atoms with Crippen LogP contribution in [0.4, 0.5) is 18.9 Å². The molecule has 0 radical (unpaired) electrons. The Morgan fingerprint density at radius 3 is 2.41 bits per heavy atom. The Bertz CT molecular complexity index is 938. The molecule has 0 aliphatic carbocycles. The van der Waals surface area contributed by atoms with Crippen LogP contribution in [-0.2, 0) is 19.3 Å². The van der Waals surface area contributed by atoms with E-state index >= 15 is 0 Å². The van der Waals surface area contributed by atoms with Gasteiger partial charge in [0.1, 0.15) is 18.1 Å². The molecule has 0 amide bonds. The van der Waals surface area contributed by atoms with Gasteiger partial charge in [-0.2, -0.15) is 18.3 Å². The summed E-state index contributed by atoms with van der Waals surface area (Å²) in [6, 6.07) is 14.2. The van der Waals surface area contributed by atoms with Gasteiger partial charge < -0.3 is 9.64 Å². The SMILES string of the molecule is CN(CCn1ncc(COc2ccccc2)c1C=O)c1ccc(C(F)(F)F)cc1. The average Bonchev–Trinajstić information content (AvgIpc) is 3.12. The molecule has 0 aliphatic rings. The number of carbonyl (C=O) groups is 1. The molecule has 0 aliphatic heterocycles. The number of hydrogen-bond acceptors (Lipinski definition) is 4. The van der Waals surface area contributed by atoms with Crippen LogP contribution >= 0.6 is 0 Å². The highest BCUT2D eigenvalue weighted by molar-refractivity contribution is 5.74. The first kappa shape index (κ1) is 20.4. The van der Waals surface area contributed by atoms with Crippen LogP contribution < -0.4 is 9.64 Å². The Kier molecular flexibility index (Phi) is 6.21. The van der Waals surface area contributed by atoms with Gasteiger partial charge in [-0.25, -0.2) is 0 Å². The van der Waals surface area contributed by atoms with Crippen molar-refractivity contribution in [3.05, 3.63) is 77.6 Å². The smallest absolute Gasteiger partial charge is 0.416 e. The van der Waals surface area contributed by atoms with Crippen LogP contribution in [0.15, 0.2) is 60.8 Å². The van der Waals surface area contributed by atoms with Crippen LogP contribution in [0.3, 0.4) is 0 Å². The first-order chi connectivity index (χ1) is 13.9. The molecule has 152 valence electrons. The van der Waals surface area contributed by atoms with Crippen LogP contribution in [0.5, 0.6) is 5.75 Å². The van der Waals surface area contributed by atoms with Crippen molar-refractivity contribution in [2.45, 2.75) is 19.3 Å². The van der Waals surface area contributed by atoms with E-state index in [9.17, 15) is 18.0 Å². The second-order valence-corrected chi connectivity index (χ2v) is 6.46. The summed E-state index contributed by atoms with van der Waals surface area (Å²) in [5.41, 5.74) is 1.04. The maximum atomic E-state index is 12.7. The highest BCUT2D eigenvalue weighted by Gasteiger charge is 2.30. The topological polar surface area (TPSA) is 47.4 Å². The van der Waals surface area contributed by atoms with E-state index in [0.29, 0.717) is 35.8 Å². The van der Waals surface area contributed by atoms with Crippen LogP contribution in [0, 0.1) is 0 Å². The van der Waals surface area contributed by atoms with Crippen molar-refractivity contribution in [3.8, 4) is 5.75 Å². The highest BCUT2D eigenvalue weighted by Crippen LogP contribution is 2.30. The van der Waals surface area contributed by atoms with Gasteiger partial charge in [0, 0.05) is 24.8 Å². The Balaban J connectivity index is 1.61. The number of ether oxygens (including phenoxy) is 1. The Labute approximate surface area is 166 Å². The zero-order valence-electron chi connectivity index (χ0n) is 15.8. The monoisotopic (exact) mass is 403 g/mol. The van der Waals surface area contributed by atoms with Crippen molar-refractivity contribution >= 4 is 12.0 Å². The third-order valence-corrected chi connectivity index (χ3v) is 4.49. The summed E-state index contributed by atoms with van der Waals surface area (Å²) in [6.45, 7) is 1.08. The lowest BCUT2D eigenvalue weighted by Gasteiger charge is -2.20. The number of alkyl halides is 3. The molecule has 0 saturated carbocycles. The lowest BCUT2D eigenvalue weighted by Crippen LogP contribution is -2.24. The number of aldehydes is 1. The minimum Gasteiger partial charge on any atom is -0.489 e. The Morgan fingerprint density at radius 2 is 1.79 bits per heavy atom. The standard InChI is InChI=1S/C21H20F3N3O2/c1-26(18-9-7-17(8-10-18)21(22,23)24)11-12-27-20(14-28)16(13-25-27)15-29-19-5-3-2-4-6-19/h2-10,13-14H,11-12,15H2,1H3. The number of anilines is 1. The van der Waals surface area contributed by atoms with Crippen LogP contribution in [0.2, 0.25) is 0 Å². The number of rotatable bonds is 8. The second kappa shape index (κ2) is 8.81. The van der Waals surface area contributed by atoms with Crippen LogP contribution in [0.1, 0.15) is 21.6 Å². The lowest BCUT2D eigenvalue weighted by molar-refractivity contribution is -0.137. The summed E-state index contributed by atoms with van der Waals surface area (Å²) in [7, 11) is 1.77. The van der Waals surface area contributed by atoms with E-state index < -0.39 is 11.7 Å². The zero-order valence-corrected chi connectivity index (χ0v) is 15.8. The fourth-order valence-corrected chi connectivity index (χ4v) is 2.82. The first-order valence-electron chi connectivity index (χ1n) is 8.94. The van der Waals surface area contributed by atoms with Crippen molar-refractivity contribution in [1.29, 1.82) is 0 Å². The molecule has 0 spiro atoms. The van der Waals surface area contributed by atoms with Crippen LogP contribution in [0.25, 0.3) is 0 Å². The van der Waals surface area contributed by atoms with E-state index in [-0.39, 0.29) is 6.61 Å². The van der Waals surface area contributed by atoms with E-state index in [1.54, 1.807) is 22.8 Å². The van der Waals surface area contributed by atoms with Gasteiger partial charge in [0.25, 0.3) is 0 Å². The maximum Gasteiger partial charge on any atom is 0.416 e. The summed E-state index contributed by atoms with van der Waals surface area (Å²) in [4.78, 5) is 13.3. The Hall–Kier alpha value is -3.29. The fraction of sp³-hybridized carbons (Fsp3) is 0.238. The summed E-state index contributed by atoms with van der Waals surface area (Å²) in [5.74, 6) is 0.694. The molecule has 0 bridgehead atoms. The van der Waals surface area contributed by atoms with Gasteiger partial charge in [0.15, 0.2) is 6.29 Å². The minimum absolute atomic E-state index is 0.215. The van der Waals surface area contributed by atoms with Gasteiger partial charge in [-0.3, -0.25) is 9.48 Å². The van der Waals surface area contributed by atoms with Crippen molar-refractivity contribution in [1.82, 2.24) is 9.78 Å². The molecule has 8 heteroatoms. The van der Waals surface area contributed by atoms with E-state index in [1.807, 2.05) is 30.3 Å². The van der Waals surface area contributed by atoms with Crippen molar-refractivity contribution in [2.75, 3.05) is 18.5 Å². The van der Waals surface area contributed by atoms with Crippen molar-refractivity contribution < 1.29 is 22.7 Å². The molecule has 0 fully saturated rings. The molecule has 5 nitrogen and oxygen atoms in total. The number of hydrogen-bond donors (Lipinski definition) is 0. The molecular formula is C21H20F3N3O2.